The highest BCUT2D eigenvalue weighted by Crippen LogP contribution is 2.20. The van der Waals surface area contributed by atoms with Gasteiger partial charge in [-0.05, 0) is 38.4 Å². The number of anilines is 1. The summed E-state index contributed by atoms with van der Waals surface area (Å²) < 4.78 is 0. The van der Waals surface area contributed by atoms with E-state index in [-0.39, 0.29) is 0 Å². The van der Waals surface area contributed by atoms with Crippen LogP contribution in [-0.2, 0) is 0 Å². The van der Waals surface area contributed by atoms with Crippen molar-refractivity contribution in [2.75, 3.05) is 38.1 Å². The van der Waals surface area contributed by atoms with Gasteiger partial charge in [0.15, 0.2) is 0 Å². The minimum atomic E-state index is 0.754. The average molecular weight is 234 g/mol. The second-order valence-corrected chi connectivity index (χ2v) is 5.02. The predicted octanol–water partition coefficient (Wildman–Crippen LogP) is 1.56. The van der Waals surface area contributed by atoms with E-state index >= 15 is 0 Å². The van der Waals surface area contributed by atoms with Crippen molar-refractivity contribution in [3.05, 3.63) is 18.0 Å². The molecule has 1 fully saturated rings. The first-order valence-electron chi connectivity index (χ1n) is 6.41. The number of hydrogen-bond donors (Lipinski definition) is 0. The Morgan fingerprint density at radius 3 is 2.76 bits per heavy atom. The van der Waals surface area contributed by atoms with Gasteiger partial charge in [-0.15, -0.1) is 0 Å². The van der Waals surface area contributed by atoms with Crippen LogP contribution in [0.25, 0.3) is 0 Å². The molecule has 0 radical (unpaired) electrons. The molecule has 0 spiro atoms. The molecule has 2 rings (SSSR count). The molecule has 1 aromatic rings. The summed E-state index contributed by atoms with van der Waals surface area (Å²) in [5, 5.41) is 0. The van der Waals surface area contributed by atoms with Gasteiger partial charge >= 0.3 is 0 Å². The summed E-state index contributed by atoms with van der Waals surface area (Å²) in [6.45, 7) is 8.71. The second-order valence-electron chi connectivity index (χ2n) is 5.02. The normalized spacial score (nSPS) is 20.2. The van der Waals surface area contributed by atoms with Gasteiger partial charge < -0.3 is 9.80 Å². The summed E-state index contributed by atoms with van der Waals surface area (Å²) >= 11 is 0. The smallest absolute Gasteiger partial charge is 0.225 e. The SMILES string of the molecule is CCN(C)CC1CCN(c2ncc(C)cn2)C1. The first-order valence-corrected chi connectivity index (χ1v) is 6.41. The molecular formula is C13H22N4. The van der Waals surface area contributed by atoms with Crippen molar-refractivity contribution < 1.29 is 0 Å². The van der Waals surface area contributed by atoms with Crippen LogP contribution in [0.5, 0.6) is 0 Å². The Balaban J connectivity index is 1.91. The third kappa shape index (κ3) is 3.16. The molecule has 0 bridgehead atoms. The molecule has 0 saturated carbocycles. The van der Waals surface area contributed by atoms with Gasteiger partial charge in [0.1, 0.15) is 0 Å². The lowest BCUT2D eigenvalue weighted by Gasteiger charge is -2.20. The van der Waals surface area contributed by atoms with E-state index in [0.717, 1.165) is 37.1 Å². The highest BCUT2D eigenvalue weighted by atomic mass is 15.3. The Morgan fingerprint density at radius 2 is 2.12 bits per heavy atom. The number of hydrogen-bond acceptors (Lipinski definition) is 4. The maximum absolute atomic E-state index is 4.40. The molecule has 0 amide bonds. The van der Waals surface area contributed by atoms with Gasteiger partial charge in [-0.25, -0.2) is 9.97 Å². The molecule has 0 N–H and O–H groups in total. The molecule has 0 aromatic carbocycles. The minimum Gasteiger partial charge on any atom is -0.340 e. The third-order valence-corrected chi connectivity index (χ3v) is 3.45. The fourth-order valence-electron chi connectivity index (χ4n) is 2.28. The summed E-state index contributed by atoms with van der Waals surface area (Å²) in [5.41, 5.74) is 1.12. The second kappa shape index (κ2) is 5.45. The van der Waals surface area contributed by atoms with Crippen LogP contribution in [0.3, 0.4) is 0 Å². The van der Waals surface area contributed by atoms with E-state index in [1.54, 1.807) is 0 Å². The van der Waals surface area contributed by atoms with Crippen LogP contribution in [0.2, 0.25) is 0 Å². The number of aromatic nitrogens is 2. The van der Waals surface area contributed by atoms with Crippen LogP contribution >= 0.6 is 0 Å². The predicted molar refractivity (Wildman–Crippen MR) is 70.3 cm³/mol. The zero-order valence-electron chi connectivity index (χ0n) is 11.1. The Labute approximate surface area is 104 Å². The molecule has 94 valence electrons. The molecule has 1 saturated heterocycles. The van der Waals surface area contributed by atoms with E-state index in [1.165, 1.54) is 13.0 Å². The molecule has 1 aliphatic heterocycles. The van der Waals surface area contributed by atoms with Crippen molar-refractivity contribution in [3.63, 3.8) is 0 Å². The van der Waals surface area contributed by atoms with Gasteiger partial charge in [-0.1, -0.05) is 6.92 Å². The van der Waals surface area contributed by atoms with Crippen LogP contribution in [0.4, 0.5) is 5.95 Å². The maximum Gasteiger partial charge on any atom is 0.225 e. The monoisotopic (exact) mass is 234 g/mol. The summed E-state index contributed by atoms with van der Waals surface area (Å²) in [5.74, 6) is 1.64. The summed E-state index contributed by atoms with van der Waals surface area (Å²) in [7, 11) is 2.19. The molecule has 0 aliphatic carbocycles. The number of aryl methyl sites for hydroxylation is 1. The molecule has 17 heavy (non-hydrogen) atoms. The van der Waals surface area contributed by atoms with Crippen molar-refractivity contribution in [2.24, 2.45) is 5.92 Å². The van der Waals surface area contributed by atoms with Crippen LogP contribution in [0.1, 0.15) is 18.9 Å². The zero-order chi connectivity index (χ0) is 12.3. The fraction of sp³-hybridized carbons (Fsp3) is 0.692. The van der Waals surface area contributed by atoms with Crippen molar-refractivity contribution >= 4 is 5.95 Å². The van der Waals surface area contributed by atoms with E-state index in [1.807, 2.05) is 19.3 Å². The highest BCUT2D eigenvalue weighted by Gasteiger charge is 2.24. The van der Waals surface area contributed by atoms with Crippen LogP contribution in [-0.4, -0.2) is 48.1 Å². The third-order valence-electron chi connectivity index (χ3n) is 3.45. The van der Waals surface area contributed by atoms with Crippen LogP contribution in [0.15, 0.2) is 12.4 Å². The van der Waals surface area contributed by atoms with Crippen LogP contribution < -0.4 is 4.90 Å². The summed E-state index contributed by atoms with van der Waals surface area (Å²) in [6.07, 6.45) is 5.04. The molecule has 1 atom stereocenters. The fourth-order valence-corrected chi connectivity index (χ4v) is 2.28. The van der Waals surface area contributed by atoms with Gasteiger partial charge in [-0.3, -0.25) is 0 Å². The van der Waals surface area contributed by atoms with E-state index in [0.29, 0.717) is 0 Å². The average Bonchev–Trinajstić information content (AvgIpc) is 2.78. The van der Waals surface area contributed by atoms with E-state index in [2.05, 4.69) is 33.7 Å². The van der Waals surface area contributed by atoms with E-state index < -0.39 is 0 Å². The molecule has 4 nitrogen and oxygen atoms in total. The Hall–Kier alpha value is -1.16. The van der Waals surface area contributed by atoms with Gasteiger partial charge in [0.2, 0.25) is 5.95 Å². The van der Waals surface area contributed by atoms with Gasteiger partial charge in [0.25, 0.3) is 0 Å². The number of rotatable bonds is 4. The quantitative estimate of drug-likeness (QED) is 0.791. The van der Waals surface area contributed by atoms with Gasteiger partial charge in [-0.2, -0.15) is 0 Å². The summed E-state index contributed by atoms with van der Waals surface area (Å²) in [6, 6.07) is 0. The van der Waals surface area contributed by atoms with E-state index in [4.69, 9.17) is 0 Å². The van der Waals surface area contributed by atoms with Gasteiger partial charge in [0.05, 0.1) is 0 Å². The Bertz CT molecular complexity index is 349. The lowest BCUT2D eigenvalue weighted by Crippen LogP contribution is -2.28. The molecule has 1 aromatic heterocycles. The lowest BCUT2D eigenvalue weighted by atomic mass is 10.1. The lowest BCUT2D eigenvalue weighted by molar-refractivity contribution is 0.300. The highest BCUT2D eigenvalue weighted by molar-refractivity contribution is 5.31. The largest absolute Gasteiger partial charge is 0.340 e. The standard InChI is InChI=1S/C13H22N4/c1-4-16(3)9-12-5-6-17(10-12)13-14-7-11(2)8-15-13/h7-8,12H,4-6,9-10H2,1-3H3. The molecule has 4 heteroatoms. The van der Waals surface area contributed by atoms with Crippen molar-refractivity contribution in [1.82, 2.24) is 14.9 Å². The maximum atomic E-state index is 4.40. The topological polar surface area (TPSA) is 32.3 Å². The van der Waals surface area contributed by atoms with Crippen molar-refractivity contribution in [1.29, 1.82) is 0 Å². The summed E-state index contributed by atoms with van der Waals surface area (Å²) in [4.78, 5) is 13.5. The molecule has 1 unspecified atom stereocenters. The van der Waals surface area contributed by atoms with Crippen molar-refractivity contribution in [2.45, 2.75) is 20.3 Å². The zero-order valence-corrected chi connectivity index (χ0v) is 11.1. The number of nitrogens with zero attached hydrogens (tertiary/aromatic N) is 4. The van der Waals surface area contributed by atoms with Crippen molar-refractivity contribution in [3.8, 4) is 0 Å². The Kier molecular flexibility index (Phi) is 3.94. The Morgan fingerprint density at radius 1 is 1.41 bits per heavy atom. The minimum absolute atomic E-state index is 0.754. The first kappa shape index (κ1) is 12.3. The molecule has 2 heterocycles. The van der Waals surface area contributed by atoms with Crippen LogP contribution in [0, 0.1) is 12.8 Å². The van der Waals surface area contributed by atoms with E-state index in [9.17, 15) is 0 Å². The first-order chi connectivity index (χ1) is 8.19. The molecular weight excluding hydrogens is 212 g/mol. The van der Waals surface area contributed by atoms with Gasteiger partial charge in [0, 0.05) is 32.0 Å². The molecule has 1 aliphatic rings.